The number of carbonyl (C=O) groups excluding carboxylic acids is 2. The molecule has 1 aromatic heterocycles. The van der Waals surface area contributed by atoms with Gasteiger partial charge in [-0.15, -0.1) is 0 Å². The van der Waals surface area contributed by atoms with Crippen LogP contribution in [0.5, 0.6) is 5.75 Å². The number of hydrogen-bond acceptors (Lipinski definition) is 6. The van der Waals surface area contributed by atoms with E-state index in [1.54, 1.807) is 21.0 Å². The second-order valence-corrected chi connectivity index (χ2v) is 16.6. The highest BCUT2D eigenvalue weighted by Gasteiger charge is 2.49. The van der Waals surface area contributed by atoms with E-state index in [4.69, 9.17) is 4.74 Å². The zero-order valence-corrected chi connectivity index (χ0v) is 28.5. The van der Waals surface area contributed by atoms with Gasteiger partial charge >= 0.3 is 0 Å². The van der Waals surface area contributed by atoms with E-state index >= 15 is 0 Å². The van der Waals surface area contributed by atoms with Crippen LogP contribution < -0.4 is 14.8 Å². The Hall–Kier alpha value is -3.37. The maximum atomic E-state index is 14.6. The minimum Gasteiger partial charge on any atom is -0.496 e. The Labute approximate surface area is 277 Å². The average molecular weight is 659 g/mol. The van der Waals surface area contributed by atoms with Crippen molar-refractivity contribution in [3.63, 3.8) is 0 Å². The predicted octanol–water partition coefficient (Wildman–Crippen LogP) is 5.19. The van der Waals surface area contributed by atoms with Crippen molar-refractivity contribution in [2.24, 2.45) is 5.92 Å². The van der Waals surface area contributed by atoms with Crippen LogP contribution in [0.4, 0.5) is 0 Å². The molecule has 1 aromatic carbocycles. The number of piperidine rings is 2. The van der Waals surface area contributed by atoms with E-state index in [9.17, 15) is 18.0 Å². The maximum absolute atomic E-state index is 14.6. The predicted molar refractivity (Wildman–Crippen MR) is 182 cm³/mol. The largest absolute Gasteiger partial charge is 0.496 e. The van der Waals surface area contributed by atoms with Gasteiger partial charge in [-0.2, -0.15) is 0 Å². The van der Waals surface area contributed by atoms with Crippen LogP contribution >= 0.6 is 0 Å². The lowest BCUT2D eigenvalue weighted by Crippen LogP contribution is -2.63. The first kappa shape index (κ1) is 30.9. The smallest absolute Gasteiger partial charge is 0.265 e. The third-order valence-corrected chi connectivity index (χ3v) is 13.9. The Bertz CT molecular complexity index is 1860. The molecule has 47 heavy (non-hydrogen) atoms. The highest BCUT2D eigenvalue weighted by Crippen LogP contribution is 2.55. The van der Waals surface area contributed by atoms with Gasteiger partial charge in [0.2, 0.25) is 15.9 Å². The zero-order chi connectivity index (χ0) is 32.6. The number of hydrogen-bond donors (Lipinski definition) is 2. The number of aromatic nitrogens is 1. The molecular weight excluding hydrogens is 612 g/mol. The zero-order valence-electron chi connectivity index (χ0n) is 27.7. The van der Waals surface area contributed by atoms with Crippen LogP contribution in [0.25, 0.3) is 10.9 Å². The standard InChI is InChI=1S/C37H46N4O5S/c1-4-21(2)47(44,45)39-36(42)34-29-20-41-30(17-28-31(46-3)16-15-25(35(28)41)22-9-6-5-7-10-22)32-26(33(29)34)11-8-12-27(32)37(43)40-19-23-13-14-24(40)18-38-23/h8,11,15-17,21-24,27,32,38H,4-7,9-10,12-14,18-20H2,1-3H3,(H,39,42)/t21?,23?,24?,27-,32?/m1/s1. The summed E-state index contributed by atoms with van der Waals surface area (Å²) >= 11 is 0. The summed E-state index contributed by atoms with van der Waals surface area (Å²) in [5, 5.41) is 3.95. The number of piperazine rings is 1. The number of allylic oxidation sites excluding steroid dienone is 4. The molecule has 2 amide bonds. The van der Waals surface area contributed by atoms with Crippen molar-refractivity contribution in [1.82, 2.24) is 19.5 Å². The van der Waals surface area contributed by atoms with Crippen LogP contribution in [0.2, 0.25) is 0 Å². The Morgan fingerprint density at radius 3 is 2.62 bits per heavy atom. The van der Waals surface area contributed by atoms with Gasteiger partial charge in [0.15, 0.2) is 0 Å². The van der Waals surface area contributed by atoms with Gasteiger partial charge in [-0.25, -0.2) is 13.1 Å². The molecule has 0 radical (unpaired) electrons. The Morgan fingerprint density at radius 2 is 1.94 bits per heavy atom. The monoisotopic (exact) mass is 658 g/mol. The molecule has 7 aliphatic rings. The normalized spacial score (nSPS) is 27.7. The molecule has 1 saturated carbocycles. The number of amides is 2. The van der Waals surface area contributed by atoms with Crippen molar-refractivity contribution < 1.29 is 22.7 Å². The number of benzene rings is 1. The van der Waals surface area contributed by atoms with Crippen LogP contribution in [-0.4, -0.2) is 67.2 Å². The second-order valence-electron chi connectivity index (χ2n) is 14.5. The van der Waals surface area contributed by atoms with E-state index in [0.717, 1.165) is 77.8 Å². The highest BCUT2D eigenvalue weighted by molar-refractivity contribution is 7.90. The van der Waals surface area contributed by atoms with Crippen molar-refractivity contribution in [2.45, 2.75) is 107 Å². The van der Waals surface area contributed by atoms with Gasteiger partial charge in [-0.05, 0) is 85.8 Å². The Kier molecular flexibility index (Phi) is 7.67. The van der Waals surface area contributed by atoms with Gasteiger partial charge < -0.3 is 19.5 Å². The Morgan fingerprint density at radius 1 is 1.13 bits per heavy atom. The number of sulfonamides is 1. The fraction of sp³-hybridized carbons (Fsp3) is 0.568. The molecule has 9 nitrogen and oxygen atoms in total. The quantitative estimate of drug-likeness (QED) is 0.424. The maximum Gasteiger partial charge on any atom is 0.265 e. The van der Waals surface area contributed by atoms with Gasteiger partial charge in [-0.3, -0.25) is 9.59 Å². The van der Waals surface area contributed by atoms with Gasteiger partial charge in [-0.1, -0.05) is 44.4 Å². The summed E-state index contributed by atoms with van der Waals surface area (Å²) in [4.78, 5) is 30.5. The first-order chi connectivity index (χ1) is 22.7. The Balaban J connectivity index is 1.29. The van der Waals surface area contributed by atoms with Crippen LogP contribution in [0.3, 0.4) is 0 Å². The molecule has 10 heteroatoms. The molecule has 3 saturated heterocycles. The van der Waals surface area contributed by atoms with Crippen LogP contribution in [-0.2, 0) is 26.2 Å². The van der Waals surface area contributed by atoms with Crippen molar-refractivity contribution in [2.75, 3.05) is 20.2 Å². The van der Waals surface area contributed by atoms with Crippen LogP contribution in [0.1, 0.15) is 94.7 Å². The molecule has 9 rings (SSSR count). The van der Waals surface area contributed by atoms with Crippen LogP contribution in [0, 0.1) is 5.92 Å². The molecule has 2 N–H and O–H groups in total. The topological polar surface area (TPSA) is 110 Å². The molecular formula is C37H46N4O5S. The van der Waals surface area contributed by atoms with E-state index in [1.165, 1.54) is 24.8 Å². The molecule has 4 fully saturated rings. The second kappa shape index (κ2) is 11.7. The lowest BCUT2D eigenvalue weighted by Gasteiger charge is -2.48. The number of nitrogens with one attached hydrogen (secondary N) is 2. The van der Waals surface area contributed by atoms with E-state index < -0.39 is 21.2 Å². The molecule has 4 unspecified atom stereocenters. The number of rotatable bonds is 7. The molecule has 2 aromatic rings. The van der Waals surface area contributed by atoms with Crippen LogP contribution in [0.15, 0.2) is 52.6 Å². The molecule has 0 spiro atoms. The number of nitrogens with zero attached hydrogens (tertiary/aromatic N) is 2. The van der Waals surface area contributed by atoms with E-state index in [-0.39, 0.29) is 23.8 Å². The summed E-state index contributed by atoms with van der Waals surface area (Å²) in [6.07, 6.45) is 13.3. The molecule has 5 heterocycles. The number of methoxy groups -OCH3 is 1. The number of carbonyl (C=O) groups is 2. The average Bonchev–Trinajstić information content (AvgIpc) is 3.73. The van der Waals surface area contributed by atoms with Gasteiger partial charge in [0, 0.05) is 48.7 Å². The lowest BCUT2D eigenvalue weighted by molar-refractivity contribution is -0.142. The van der Waals surface area contributed by atoms with E-state index in [0.29, 0.717) is 36.9 Å². The van der Waals surface area contributed by atoms with Crippen molar-refractivity contribution in [3.05, 3.63) is 63.9 Å². The van der Waals surface area contributed by atoms with E-state index in [1.807, 2.05) is 0 Å². The fourth-order valence-corrected chi connectivity index (χ4v) is 10.2. The third kappa shape index (κ3) is 5.00. The van der Waals surface area contributed by atoms with Gasteiger partial charge in [0.25, 0.3) is 5.91 Å². The summed E-state index contributed by atoms with van der Waals surface area (Å²) in [7, 11) is -2.11. The molecule has 2 bridgehead atoms. The number of ether oxygens (including phenoxy) is 1. The molecule has 5 atom stereocenters. The summed E-state index contributed by atoms with van der Waals surface area (Å²) in [5.41, 5.74) is 6.63. The number of fused-ring (bicyclic) bond motifs is 9. The minimum absolute atomic E-state index is 0.180. The molecule has 250 valence electrons. The molecule has 3 aliphatic carbocycles. The third-order valence-electron chi connectivity index (χ3n) is 12.0. The SMILES string of the molecule is CCC(C)S(=O)(=O)NC(=O)C1=C2Cn3c(cc4c(OC)ccc(C5CCCCC5)c43)C3C(=C21)C=CC[C@H]3C(=O)N1CC2CCC1CN2. The van der Waals surface area contributed by atoms with Crippen molar-refractivity contribution in [3.8, 4) is 5.75 Å². The van der Waals surface area contributed by atoms with Crippen molar-refractivity contribution in [1.29, 1.82) is 0 Å². The lowest BCUT2D eigenvalue weighted by atomic mass is 9.75. The first-order valence-corrected chi connectivity index (χ1v) is 19.2. The minimum atomic E-state index is -3.82. The molecule has 4 aliphatic heterocycles. The summed E-state index contributed by atoms with van der Waals surface area (Å²) in [6, 6.07) is 7.09. The van der Waals surface area contributed by atoms with Gasteiger partial charge in [0.1, 0.15) is 5.75 Å². The van der Waals surface area contributed by atoms with E-state index in [2.05, 4.69) is 49.9 Å². The highest BCUT2D eigenvalue weighted by atomic mass is 32.2. The summed E-state index contributed by atoms with van der Waals surface area (Å²) in [5.74, 6) is 0.278. The summed E-state index contributed by atoms with van der Waals surface area (Å²) in [6.45, 7) is 5.45. The first-order valence-electron chi connectivity index (χ1n) is 17.7. The van der Waals surface area contributed by atoms with Gasteiger partial charge in [0.05, 0.1) is 29.4 Å². The van der Waals surface area contributed by atoms with Crippen molar-refractivity contribution >= 4 is 32.7 Å². The summed E-state index contributed by atoms with van der Waals surface area (Å²) < 4.78 is 36.7. The fourth-order valence-electron chi connectivity index (χ4n) is 9.20.